The van der Waals surface area contributed by atoms with E-state index in [1.807, 2.05) is 18.2 Å². The lowest BCUT2D eigenvalue weighted by Gasteiger charge is -2.18. The lowest BCUT2D eigenvalue weighted by atomic mass is 10.2. The Morgan fingerprint density at radius 1 is 1.32 bits per heavy atom. The van der Waals surface area contributed by atoms with E-state index in [0.29, 0.717) is 0 Å². The molecule has 0 bridgehead atoms. The highest BCUT2D eigenvalue weighted by molar-refractivity contribution is 5.81. The van der Waals surface area contributed by atoms with Gasteiger partial charge >= 0.3 is 12.1 Å². The molecule has 0 spiro atoms. The van der Waals surface area contributed by atoms with Crippen LogP contribution < -0.4 is 5.32 Å². The van der Waals surface area contributed by atoms with E-state index in [1.165, 1.54) is 14.0 Å². The molecule has 0 aliphatic heterocycles. The van der Waals surface area contributed by atoms with E-state index in [-0.39, 0.29) is 6.61 Å². The Bertz CT molecular complexity index is 418. The quantitative estimate of drug-likeness (QED) is 0.772. The molecule has 1 aromatic rings. The Kier molecular flexibility index (Phi) is 5.81. The van der Waals surface area contributed by atoms with Gasteiger partial charge in [0.2, 0.25) is 0 Å². The van der Waals surface area contributed by atoms with Gasteiger partial charge in [0.1, 0.15) is 6.61 Å². The molecular weight excluding hydrogens is 250 g/mol. The van der Waals surface area contributed by atoms with Crippen LogP contribution in [0.25, 0.3) is 0 Å². The lowest BCUT2D eigenvalue weighted by Crippen LogP contribution is -2.48. The maximum atomic E-state index is 11.5. The second-order valence-electron chi connectivity index (χ2n) is 3.95. The van der Waals surface area contributed by atoms with Crippen LogP contribution in [0.15, 0.2) is 30.3 Å². The molecule has 6 nitrogen and oxygen atoms in total. The zero-order chi connectivity index (χ0) is 14.3. The molecule has 0 saturated heterocycles. The van der Waals surface area contributed by atoms with Gasteiger partial charge in [-0.15, -0.1) is 0 Å². The first-order valence-corrected chi connectivity index (χ1v) is 5.77. The average Bonchev–Trinajstić information content (AvgIpc) is 2.42. The summed E-state index contributed by atoms with van der Waals surface area (Å²) in [5.74, 6) is -0.730. The van der Waals surface area contributed by atoms with Gasteiger partial charge in [0.25, 0.3) is 0 Å². The number of amides is 1. The van der Waals surface area contributed by atoms with E-state index in [2.05, 4.69) is 10.1 Å². The minimum Gasteiger partial charge on any atom is -0.467 e. The minimum absolute atomic E-state index is 0.0837. The van der Waals surface area contributed by atoms with Crippen molar-refractivity contribution >= 4 is 12.1 Å². The van der Waals surface area contributed by atoms with Gasteiger partial charge in [-0.05, 0) is 12.5 Å². The number of nitrogens with one attached hydrogen (secondary N) is 1. The Balaban J connectivity index is 2.47. The summed E-state index contributed by atoms with van der Waals surface area (Å²) in [5.41, 5.74) is 0.823. The number of methoxy groups -OCH3 is 1. The second-order valence-corrected chi connectivity index (χ2v) is 3.95. The van der Waals surface area contributed by atoms with Crippen LogP contribution in [0.2, 0.25) is 0 Å². The van der Waals surface area contributed by atoms with Crippen molar-refractivity contribution in [2.75, 3.05) is 7.11 Å². The van der Waals surface area contributed by atoms with Crippen LogP contribution in [-0.2, 0) is 20.9 Å². The monoisotopic (exact) mass is 267 g/mol. The standard InChI is InChI=1S/C13H17NO5/c1-9(15)11(12(16)18-2)14-13(17)19-8-10-6-4-3-5-7-10/h3-7,9,11,15H,8H2,1-2H3,(H,14,17)/t9?,11-/m1/s1. The number of ether oxygens (including phenoxy) is 2. The fraction of sp³-hybridized carbons (Fsp3) is 0.385. The molecule has 19 heavy (non-hydrogen) atoms. The van der Waals surface area contributed by atoms with Gasteiger partial charge < -0.3 is 19.9 Å². The number of benzene rings is 1. The van der Waals surface area contributed by atoms with Gasteiger partial charge in [-0.3, -0.25) is 0 Å². The van der Waals surface area contributed by atoms with Crippen LogP contribution in [0.4, 0.5) is 4.79 Å². The molecule has 0 saturated carbocycles. The summed E-state index contributed by atoms with van der Waals surface area (Å²) < 4.78 is 9.40. The van der Waals surface area contributed by atoms with E-state index in [9.17, 15) is 14.7 Å². The number of carbonyl (C=O) groups is 2. The van der Waals surface area contributed by atoms with Crippen molar-refractivity contribution in [3.05, 3.63) is 35.9 Å². The Hall–Kier alpha value is -2.08. The minimum atomic E-state index is -1.15. The molecule has 1 amide bonds. The number of rotatable bonds is 5. The van der Waals surface area contributed by atoms with E-state index < -0.39 is 24.2 Å². The lowest BCUT2D eigenvalue weighted by molar-refractivity contribution is -0.145. The first-order chi connectivity index (χ1) is 9.04. The Morgan fingerprint density at radius 2 is 1.95 bits per heavy atom. The SMILES string of the molecule is COC(=O)[C@H](NC(=O)OCc1ccccc1)C(C)O. The van der Waals surface area contributed by atoms with Crippen LogP contribution in [0, 0.1) is 0 Å². The third kappa shape index (κ3) is 4.97. The van der Waals surface area contributed by atoms with Gasteiger partial charge in [0.05, 0.1) is 13.2 Å². The molecule has 0 radical (unpaired) electrons. The summed E-state index contributed by atoms with van der Waals surface area (Å²) in [6.07, 6.45) is -1.86. The maximum Gasteiger partial charge on any atom is 0.408 e. The van der Waals surface area contributed by atoms with Gasteiger partial charge in [-0.1, -0.05) is 30.3 Å². The molecule has 1 unspecified atom stereocenters. The summed E-state index contributed by atoms with van der Waals surface area (Å²) in [6.45, 7) is 1.46. The first kappa shape index (κ1) is 15.0. The van der Waals surface area contributed by atoms with Crippen molar-refractivity contribution in [1.29, 1.82) is 0 Å². The van der Waals surface area contributed by atoms with Gasteiger partial charge in [0, 0.05) is 0 Å². The molecule has 0 heterocycles. The highest BCUT2D eigenvalue weighted by atomic mass is 16.6. The second kappa shape index (κ2) is 7.38. The van der Waals surface area contributed by atoms with E-state index in [1.54, 1.807) is 12.1 Å². The number of hydrogen-bond acceptors (Lipinski definition) is 5. The summed E-state index contributed by atoms with van der Waals surface area (Å²) in [4.78, 5) is 22.8. The van der Waals surface area contributed by atoms with Crippen molar-refractivity contribution in [3.8, 4) is 0 Å². The number of hydrogen-bond donors (Lipinski definition) is 2. The molecular formula is C13H17NO5. The fourth-order valence-corrected chi connectivity index (χ4v) is 1.40. The highest BCUT2D eigenvalue weighted by Gasteiger charge is 2.26. The molecule has 2 N–H and O–H groups in total. The predicted molar refractivity (Wildman–Crippen MR) is 67.2 cm³/mol. The number of carbonyl (C=O) groups excluding carboxylic acids is 2. The largest absolute Gasteiger partial charge is 0.467 e. The number of aliphatic hydroxyl groups excluding tert-OH is 1. The Labute approximate surface area is 111 Å². The average molecular weight is 267 g/mol. The predicted octanol–water partition coefficient (Wildman–Crippen LogP) is 0.835. The maximum absolute atomic E-state index is 11.5. The molecule has 0 fully saturated rings. The smallest absolute Gasteiger partial charge is 0.408 e. The van der Waals surface area contributed by atoms with Gasteiger partial charge in [-0.25, -0.2) is 9.59 Å². The Morgan fingerprint density at radius 3 is 2.47 bits per heavy atom. The molecule has 6 heteroatoms. The van der Waals surface area contributed by atoms with Crippen molar-refractivity contribution in [1.82, 2.24) is 5.32 Å². The third-order valence-corrected chi connectivity index (χ3v) is 2.42. The van der Waals surface area contributed by atoms with Crippen molar-refractivity contribution < 1.29 is 24.2 Å². The fourth-order valence-electron chi connectivity index (χ4n) is 1.40. The summed E-state index contributed by atoms with van der Waals surface area (Å²) in [6, 6.07) is 7.96. The van der Waals surface area contributed by atoms with Crippen molar-refractivity contribution in [2.45, 2.75) is 25.7 Å². The van der Waals surface area contributed by atoms with Crippen LogP contribution in [0.1, 0.15) is 12.5 Å². The molecule has 0 aromatic heterocycles. The normalized spacial score (nSPS) is 13.2. The topological polar surface area (TPSA) is 84.9 Å². The summed E-state index contributed by atoms with van der Waals surface area (Å²) >= 11 is 0. The van der Waals surface area contributed by atoms with Crippen LogP contribution in [-0.4, -0.2) is 36.4 Å². The molecule has 104 valence electrons. The molecule has 2 atom stereocenters. The zero-order valence-corrected chi connectivity index (χ0v) is 10.8. The zero-order valence-electron chi connectivity index (χ0n) is 10.8. The molecule has 1 aromatic carbocycles. The van der Waals surface area contributed by atoms with Crippen LogP contribution >= 0.6 is 0 Å². The summed E-state index contributed by atoms with van der Waals surface area (Å²) in [7, 11) is 1.18. The third-order valence-electron chi connectivity index (χ3n) is 2.42. The molecule has 0 aliphatic rings. The number of aliphatic hydroxyl groups is 1. The van der Waals surface area contributed by atoms with Gasteiger partial charge in [0.15, 0.2) is 6.04 Å². The van der Waals surface area contributed by atoms with Gasteiger partial charge in [-0.2, -0.15) is 0 Å². The molecule has 1 rings (SSSR count). The summed E-state index contributed by atoms with van der Waals surface area (Å²) in [5, 5.41) is 11.6. The van der Waals surface area contributed by atoms with E-state index in [0.717, 1.165) is 5.56 Å². The van der Waals surface area contributed by atoms with Crippen LogP contribution in [0.5, 0.6) is 0 Å². The molecule has 0 aliphatic carbocycles. The van der Waals surface area contributed by atoms with Crippen molar-refractivity contribution in [3.63, 3.8) is 0 Å². The number of alkyl carbamates (subject to hydrolysis) is 1. The number of esters is 1. The first-order valence-electron chi connectivity index (χ1n) is 5.77. The van der Waals surface area contributed by atoms with E-state index >= 15 is 0 Å². The highest BCUT2D eigenvalue weighted by Crippen LogP contribution is 2.02. The van der Waals surface area contributed by atoms with Crippen LogP contribution in [0.3, 0.4) is 0 Å². The van der Waals surface area contributed by atoms with E-state index in [4.69, 9.17) is 4.74 Å². The van der Waals surface area contributed by atoms with Crippen molar-refractivity contribution in [2.24, 2.45) is 0 Å².